The van der Waals surface area contributed by atoms with Crippen LogP contribution in [0.1, 0.15) is 25.0 Å². The Kier molecular flexibility index (Phi) is 4.95. The third kappa shape index (κ3) is 3.25. The molecule has 1 rings (SSSR count). The molecule has 0 atom stereocenters. The lowest BCUT2D eigenvalue weighted by Gasteiger charge is -2.10. The van der Waals surface area contributed by atoms with Crippen molar-refractivity contribution in [2.75, 3.05) is 0 Å². The molecule has 78 valence electrons. The Labute approximate surface area is 107 Å². The summed E-state index contributed by atoms with van der Waals surface area (Å²) < 4.78 is 2.26. The zero-order valence-corrected chi connectivity index (χ0v) is 12.2. The van der Waals surface area contributed by atoms with Crippen LogP contribution in [0.4, 0.5) is 0 Å². The number of hydrogen-bond donors (Lipinski definition) is 0. The minimum absolute atomic E-state index is 0.543. The quantitative estimate of drug-likeness (QED) is 0.668. The summed E-state index contributed by atoms with van der Waals surface area (Å²) in [6.07, 6.45) is 1.09. The summed E-state index contributed by atoms with van der Waals surface area (Å²) in [6, 6.07) is 4.25. The average molecular weight is 340 g/mol. The third-order valence-electron chi connectivity index (χ3n) is 1.99. The predicted octanol–water partition coefficient (Wildman–Crippen LogP) is 5.15. The molecule has 1 aromatic rings. The molecule has 0 radical (unpaired) electrons. The molecule has 0 unspecified atom stereocenters. The van der Waals surface area contributed by atoms with E-state index in [4.69, 9.17) is 11.6 Å². The van der Waals surface area contributed by atoms with Crippen LogP contribution in [0, 0.1) is 5.92 Å². The molecule has 0 saturated heterocycles. The van der Waals surface area contributed by atoms with Crippen LogP contribution in [0.5, 0.6) is 0 Å². The molecule has 0 bridgehead atoms. The van der Waals surface area contributed by atoms with Crippen LogP contribution < -0.4 is 0 Å². The zero-order chi connectivity index (χ0) is 10.7. The van der Waals surface area contributed by atoms with Crippen molar-refractivity contribution < 1.29 is 0 Å². The molecule has 0 N–H and O–H groups in total. The molecule has 0 aliphatic carbocycles. The van der Waals surface area contributed by atoms with Crippen molar-refractivity contribution in [2.24, 2.45) is 5.92 Å². The fourth-order valence-electron chi connectivity index (χ4n) is 1.33. The van der Waals surface area contributed by atoms with Gasteiger partial charge in [0.15, 0.2) is 0 Å². The van der Waals surface area contributed by atoms with Gasteiger partial charge in [0, 0.05) is 14.8 Å². The first-order valence-corrected chi connectivity index (χ1v) is 6.69. The molecule has 0 aromatic heterocycles. The number of rotatable bonds is 3. The Morgan fingerprint density at radius 3 is 2.14 bits per heavy atom. The largest absolute Gasteiger partial charge is 0.122 e. The van der Waals surface area contributed by atoms with Gasteiger partial charge in [0.25, 0.3) is 0 Å². The van der Waals surface area contributed by atoms with Gasteiger partial charge in [0.05, 0.1) is 0 Å². The van der Waals surface area contributed by atoms with Gasteiger partial charge in [-0.05, 0) is 35.6 Å². The molecule has 1 aromatic carbocycles. The number of benzene rings is 1. The van der Waals surface area contributed by atoms with Crippen LogP contribution in [0.25, 0.3) is 0 Å². The van der Waals surface area contributed by atoms with Crippen LogP contribution in [0.3, 0.4) is 0 Å². The highest BCUT2D eigenvalue weighted by Crippen LogP contribution is 2.28. The second kappa shape index (κ2) is 5.53. The van der Waals surface area contributed by atoms with Crippen molar-refractivity contribution in [2.45, 2.75) is 26.1 Å². The van der Waals surface area contributed by atoms with E-state index in [0.717, 1.165) is 20.9 Å². The summed E-state index contributed by atoms with van der Waals surface area (Å²) in [6.45, 7) is 4.44. The van der Waals surface area contributed by atoms with E-state index in [0.29, 0.717) is 11.8 Å². The fraction of sp³-hybridized carbons (Fsp3) is 0.455. The predicted molar refractivity (Wildman–Crippen MR) is 69.9 cm³/mol. The Bertz CT molecular complexity index is 321. The lowest BCUT2D eigenvalue weighted by molar-refractivity contribution is 0.645. The van der Waals surface area contributed by atoms with E-state index in [9.17, 15) is 0 Å². The molecule has 0 fully saturated rings. The molecular weight excluding hydrogens is 327 g/mol. The summed E-state index contributed by atoms with van der Waals surface area (Å²) in [4.78, 5) is 0. The van der Waals surface area contributed by atoms with E-state index in [1.54, 1.807) is 0 Å². The Morgan fingerprint density at radius 1 is 1.14 bits per heavy atom. The minimum Gasteiger partial charge on any atom is -0.122 e. The maximum Gasteiger partial charge on any atom is 0.0485 e. The van der Waals surface area contributed by atoms with Crippen molar-refractivity contribution >= 4 is 43.5 Å². The van der Waals surface area contributed by atoms with Gasteiger partial charge >= 0.3 is 0 Å². The second-order valence-corrected chi connectivity index (χ2v) is 5.74. The van der Waals surface area contributed by atoms with Crippen LogP contribution in [-0.2, 0) is 12.3 Å². The molecule has 0 spiro atoms. The van der Waals surface area contributed by atoms with Gasteiger partial charge < -0.3 is 0 Å². The zero-order valence-electron chi connectivity index (χ0n) is 8.28. The second-order valence-electron chi connectivity index (χ2n) is 3.77. The van der Waals surface area contributed by atoms with Gasteiger partial charge in [-0.2, -0.15) is 0 Å². The molecule has 0 aliphatic heterocycles. The van der Waals surface area contributed by atoms with E-state index in [-0.39, 0.29) is 0 Å². The molecule has 0 heterocycles. The third-order valence-corrected chi connectivity index (χ3v) is 3.75. The van der Waals surface area contributed by atoms with Crippen LogP contribution in [-0.4, -0.2) is 0 Å². The highest BCUT2D eigenvalue weighted by atomic mass is 79.9. The van der Waals surface area contributed by atoms with Crippen molar-refractivity contribution in [3.63, 3.8) is 0 Å². The summed E-state index contributed by atoms with van der Waals surface area (Å²) >= 11 is 12.9. The summed E-state index contributed by atoms with van der Waals surface area (Å²) in [5.41, 5.74) is 2.46. The summed E-state index contributed by atoms with van der Waals surface area (Å²) in [5, 5.41) is 0. The Balaban J connectivity index is 3.02. The molecular formula is C11H13Br2Cl. The average Bonchev–Trinajstić information content (AvgIpc) is 2.10. The van der Waals surface area contributed by atoms with E-state index < -0.39 is 0 Å². The SMILES string of the molecule is CC(C)Cc1cc(Br)c(CCl)cc1Br. The monoisotopic (exact) mass is 338 g/mol. The van der Waals surface area contributed by atoms with Gasteiger partial charge in [-0.25, -0.2) is 0 Å². The summed E-state index contributed by atoms with van der Waals surface area (Å²) in [7, 11) is 0. The number of alkyl halides is 1. The smallest absolute Gasteiger partial charge is 0.0485 e. The van der Waals surface area contributed by atoms with E-state index in [1.165, 1.54) is 5.56 Å². The maximum absolute atomic E-state index is 5.81. The van der Waals surface area contributed by atoms with Gasteiger partial charge in [0.2, 0.25) is 0 Å². The van der Waals surface area contributed by atoms with Crippen molar-refractivity contribution in [1.82, 2.24) is 0 Å². The summed E-state index contributed by atoms with van der Waals surface area (Å²) in [5.74, 6) is 1.21. The van der Waals surface area contributed by atoms with Crippen LogP contribution in [0.2, 0.25) is 0 Å². The van der Waals surface area contributed by atoms with Crippen LogP contribution in [0.15, 0.2) is 21.1 Å². The molecule has 0 aliphatic rings. The van der Waals surface area contributed by atoms with Gasteiger partial charge in [-0.1, -0.05) is 45.7 Å². The first-order valence-electron chi connectivity index (χ1n) is 4.57. The van der Waals surface area contributed by atoms with E-state index in [2.05, 4.69) is 57.8 Å². The first-order chi connectivity index (χ1) is 6.54. The first kappa shape index (κ1) is 12.5. The normalized spacial score (nSPS) is 11.0. The van der Waals surface area contributed by atoms with E-state index >= 15 is 0 Å². The highest BCUT2D eigenvalue weighted by molar-refractivity contribution is 9.11. The topological polar surface area (TPSA) is 0 Å². The van der Waals surface area contributed by atoms with E-state index in [1.807, 2.05) is 0 Å². The molecule has 0 nitrogen and oxygen atoms in total. The minimum atomic E-state index is 0.543. The highest BCUT2D eigenvalue weighted by Gasteiger charge is 2.07. The Hall–Kier alpha value is 0.470. The Morgan fingerprint density at radius 2 is 1.64 bits per heavy atom. The molecule has 0 amide bonds. The molecule has 14 heavy (non-hydrogen) atoms. The lowest BCUT2D eigenvalue weighted by Crippen LogP contribution is -1.96. The maximum atomic E-state index is 5.81. The van der Waals surface area contributed by atoms with Crippen LogP contribution >= 0.6 is 43.5 Å². The molecule has 3 heteroatoms. The molecule has 0 saturated carbocycles. The standard InChI is InChI=1S/C11H13Br2Cl/c1-7(2)3-8-4-11(13)9(6-14)5-10(8)12/h4-5,7H,3,6H2,1-2H3. The number of hydrogen-bond acceptors (Lipinski definition) is 0. The van der Waals surface area contributed by atoms with Gasteiger partial charge in [0.1, 0.15) is 0 Å². The fourth-order valence-corrected chi connectivity index (χ4v) is 2.79. The van der Waals surface area contributed by atoms with Crippen molar-refractivity contribution in [3.8, 4) is 0 Å². The van der Waals surface area contributed by atoms with Gasteiger partial charge in [-0.3, -0.25) is 0 Å². The number of halogens is 3. The van der Waals surface area contributed by atoms with Gasteiger partial charge in [-0.15, -0.1) is 11.6 Å². The van der Waals surface area contributed by atoms with Crippen molar-refractivity contribution in [3.05, 3.63) is 32.2 Å². The van der Waals surface area contributed by atoms with Crippen molar-refractivity contribution in [1.29, 1.82) is 0 Å². The lowest BCUT2D eigenvalue weighted by atomic mass is 10.0.